The van der Waals surface area contributed by atoms with Crippen molar-refractivity contribution in [1.82, 2.24) is 10.6 Å². The predicted octanol–water partition coefficient (Wildman–Crippen LogP) is 2.99. The first kappa shape index (κ1) is 19.3. The second-order valence-corrected chi connectivity index (χ2v) is 7.70. The molecule has 1 saturated carbocycles. The second-order valence-electron chi connectivity index (χ2n) is 7.70. The number of anilines is 1. The van der Waals surface area contributed by atoms with Crippen LogP contribution in [0.2, 0.25) is 0 Å². The molecule has 2 aromatic rings. The van der Waals surface area contributed by atoms with Crippen LogP contribution in [-0.2, 0) is 0 Å². The SMILES string of the molecule is COc1ccccc1C(=O)NC1CCN(c2ccccc2C(=O)NC2CC2)CC1. The summed E-state index contributed by atoms with van der Waals surface area (Å²) >= 11 is 0. The average molecular weight is 393 g/mol. The molecule has 1 heterocycles. The van der Waals surface area contributed by atoms with E-state index >= 15 is 0 Å². The van der Waals surface area contributed by atoms with Crippen LogP contribution in [0.4, 0.5) is 5.69 Å². The van der Waals surface area contributed by atoms with E-state index in [4.69, 9.17) is 4.74 Å². The lowest BCUT2D eigenvalue weighted by molar-refractivity contribution is 0.0926. The fraction of sp³-hybridized carbons (Fsp3) is 0.391. The third kappa shape index (κ3) is 4.53. The van der Waals surface area contributed by atoms with Gasteiger partial charge >= 0.3 is 0 Å². The van der Waals surface area contributed by atoms with Gasteiger partial charge in [0.25, 0.3) is 11.8 Å². The van der Waals surface area contributed by atoms with Crippen LogP contribution in [0.25, 0.3) is 0 Å². The minimum absolute atomic E-state index is 0.00898. The minimum Gasteiger partial charge on any atom is -0.496 e. The molecule has 1 saturated heterocycles. The molecule has 29 heavy (non-hydrogen) atoms. The molecule has 6 nitrogen and oxygen atoms in total. The van der Waals surface area contributed by atoms with E-state index in [-0.39, 0.29) is 17.9 Å². The summed E-state index contributed by atoms with van der Waals surface area (Å²) in [5.41, 5.74) is 2.26. The van der Waals surface area contributed by atoms with Gasteiger partial charge < -0.3 is 20.3 Å². The first-order valence-corrected chi connectivity index (χ1v) is 10.2. The molecule has 0 atom stereocenters. The molecule has 2 fully saturated rings. The largest absolute Gasteiger partial charge is 0.496 e. The Morgan fingerprint density at radius 2 is 1.38 bits per heavy atom. The molecule has 6 heteroatoms. The van der Waals surface area contributed by atoms with Crippen molar-refractivity contribution in [3.05, 3.63) is 59.7 Å². The van der Waals surface area contributed by atoms with Crippen molar-refractivity contribution >= 4 is 17.5 Å². The first-order valence-electron chi connectivity index (χ1n) is 10.2. The van der Waals surface area contributed by atoms with E-state index in [2.05, 4.69) is 15.5 Å². The number of nitrogens with one attached hydrogen (secondary N) is 2. The van der Waals surface area contributed by atoms with Gasteiger partial charge in [-0.15, -0.1) is 0 Å². The summed E-state index contributed by atoms with van der Waals surface area (Å²) in [6, 6.07) is 15.5. The van der Waals surface area contributed by atoms with Gasteiger partial charge in [-0.3, -0.25) is 9.59 Å². The van der Waals surface area contributed by atoms with Crippen molar-refractivity contribution < 1.29 is 14.3 Å². The van der Waals surface area contributed by atoms with E-state index in [1.54, 1.807) is 19.2 Å². The van der Waals surface area contributed by atoms with Crippen molar-refractivity contribution in [1.29, 1.82) is 0 Å². The number of amides is 2. The molecule has 0 radical (unpaired) electrons. The molecule has 4 rings (SSSR count). The molecule has 0 spiro atoms. The normalized spacial score (nSPS) is 16.9. The van der Waals surface area contributed by atoms with Gasteiger partial charge in [-0.25, -0.2) is 0 Å². The van der Waals surface area contributed by atoms with Crippen LogP contribution in [0, 0.1) is 0 Å². The smallest absolute Gasteiger partial charge is 0.255 e. The van der Waals surface area contributed by atoms with Crippen molar-refractivity contribution in [3.63, 3.8) is 0 Å². The number of benzene rings is 2. The summed E-state index contributed by atoms with van der Waals surface area (Å²) in [5, 5.41) is 6.21. The molecule has 0 bridgehead atoms. The van der Waals surface area contributed by atoms with Crippen molar-refractivity contribution in [2.24, 2.45) is 0 Å². The zero-order chi connectivity index (χ0) is 20.2. The molecule has 2 aliphatic rings. The van der Waals surface area contributed by atoms with Gasteiger partial charge in [0.1, 0.15) is 5.75 Å². The van der Waals surface area contributed by atoms with Gasteiger partial charge in [-0.05, 0) is 49.9 Å². The van der Waals surface area contributed by atoms with Gasteiger partial charge in [-0.1, -0.05) is 24.3 Å². The fourth-order valence-corrected chi connectivity index (χ4v) is 3.79. The maximum atomic E-state index is 12.6. The third-order valence-corrected chi connectivity index (χ3v) is 5.58. The van der Waals surface area contributed by atoms with Gasteiger partial charge in [0.15, 0.2) is 0 Å². The van der Waals surface area contributed by atoms with E-state index in [1.807, 2.05) is 36.4 Å². The summed E-state index contributed by atoms with van der Waals surface area (Å²) in [7, 11) is 1.57. The monoisotopic (exact) mass is 393 g/mol. The maximum Gasteiger partial charge on any atom is 0.255 e. The Hall–Kier alpha value is -3.02. The van der Waals surface area contributed by atoms with Crippen molar-refractivity contribution in [3.8, 4) is 5.75 Å². The molecule has 2 aromatic carbocycles. The fourth-order valence-electron chi connectivity index (χ4n) is 3.79. The summed E-state index contributed by atoms with van der Waals surface area (Å²) in [6.07, 6.45) is 3.81. The Kier molecular flexibility index (Phi) is 5.69. The van der Waals surface area contributed by atoms with Crippen LogP contribution in [-0.4, -0.2) is 44.1 Å². The second kappa shape index (κ2) is 8.55. The number of para-hydroxylation sites is 2. The van der Waals surface area contributed by atoms with Crippen molar-refractivity contribution in [2.45, 2.75) is 37.8 Å². The highest BCUT2D eigenvalue weighted by molar-refractivity contribution is 6.00. The molecular weight excluding hydrogens is 366 g/mol. The number of carbonyl (C=O) groups excluding carboxylic acids is 2. The van der Waals surface area contributed by atoms with E-state index in [0.29, 0.717) is 17.4 Å². The zero-order valence-corrected chi connectivity index (χ0v) is 16.7. The van der Waals surface area contributed by atoms with Crippen LogP contribution >= 0.6 is 0 Å². The number of nitrogens with zero attached hydrogens (tertiary/aromatic N) is 1. The van der Waals surface area contributed by atoms with Gasteiger partial charge in [-0.2, -0.15) is 0 Å². The van der Waals surface area contributed by atoms with Crippen LogP contribution in [0.3, 0.4) is 0 Å². The number of hydrogen-bond acceptors (Lipinski definition) is 4. The Labute approximate surface area is 171 Å². The van der Waals surface area contributed by atoms with Gasteiger partial charge in [0.05, 0.1) is 18.2 Å². The highest BCUT2D eigenvalue weighted by atomic mass is 16.5. The molecule has 2 amide bonds. The number of carbonyl (C=O) groups is 2. The quantitative estimate of drug-likeness (QED) is 0.792. The highest BCUT2D eigenvalue weighted by Crippen LogP contribution is 2.26. The molecule has 0 unspecified atom stereocenters. The molecule has 1 aliphatic carbocycles. The van der Waals surface area contributed by atoms with E-state index in [0.717, 1.165) is 50.0 Å². The molecule has 0 aromatic heterocycles. The topological polar surface area (TPSA) is 70.7 Å². The van der Waals surface area contributed by atoms with Crippen LogP contribution < -0.4 is 20.3 Å². The number of ether oxygens (including phenoxy) is 1. The summed E-state index contributed by atoms with van der Waals surface area (Å²) in [4.78, 5) is 27.5. The Morgan fingerprint density at radius 3 is 2.03 bits per heavy atom. The molecule has 1 aliphatic heterocycles. The Morgan fingerprint density at radius 1 is 0.828 bits per heavy atom. The van der Waals surface area contributed by atoms with E-state index in [9.17, 15) is 9.59 Å². The lowest BCUT2D eigenvalue weighted by Crippen LogP contribution is -2.45. The van der Waals surface area contributed by atoms with Gasteiger partial charge in [0, 0.05) is 30.9 Å². The van der Waals surface area contributed by atoms with Crippen LogP contribution in [0.5, 0.6) is 5.75 Å². The number of methoxy groups -OCH3 is 1. The highest BCUT2D eigenvalue weighted by Gasteiger charge is 2.27. The van der Waals surface area contributed by atoms with Gasteiger partial charge in [0.2, 0.25) is 0 Å². The Bertz CT molecular complexity index is 886. The lowest BCUT2D eigenvalue weighted by atomic mass is 10.0. The standard InChI is InChI=1S/C23H27N3O3/c1-29-21-9-5-3-7-19(21)23(28)25-17-12-14-26(15-13-17)20-8-4-2-6-18(20)22(27)24-16-10-11-16/h2-9,16-17H,10-15H2,1H3,(H,24,27)(H,25,28). The van der Waals surface area contributed by atoms with Crippen LogP contribution in [0.1, 0.15) is 46.4 Å². The molecule has 2 N–H and O–H groups in total. The number of piperidine rings is 1. The molecular formula is C23H27N3O3. The summed E-state index contributed by atoms with van der Waals surface area (Å²) < 4.78 is 5.29. The number of rotatable bonds is 6. The minimum atomic E-state index is -0.106. The van der Waals surface area contributed by atoms with Crippen LogP contribution in [0.15, 0.2) is 48.5 Å². The average Bonchev–Trinajstić information content (AvgIpc) is 3.58. The first-order chi connectivity index (χ1) is 14.2. The number of hydrogen-bond donors (Lipinski definition) is 2. The predicted molar refractivity (Wildman–Crippen MR) is 113 cm³/mol. The summed E-state index contributed by atoms with van der Waals surface area (Å²) in [5.74, 6) is 0.484. The van der Waals surface area contributed by atoms with E-state index < -0.39 is 0 Å². The molecule has 152 valence electrons. The maximum absolute atomic E-state index is 12.6. The summed E-state index contributed by atoms with van der Waals surface area (Å²) in [6.45, 7) is 1.59. The Balaban J connectivity index is 1.37. The van der Waals surface area contributed by atoms with Crippen molar-refractivity contribution in [2.75, 3.05) is 25.1 Å². The zero-order valence-electron chi connectivity index (χ0n) is 16.7. The third-order valence-electron chi connectivity index (χ3n) is 5.58. The lowest BCUT2D eigenvalue weighted by Gasteiger charge is -2.35. The van der Waals surface area contributed by atoms with E-state index in [1.165, 1.54) is 0 Å².